The van der Waals surface area contributed by atoms with Crippen LogP contribution in [0.5, 0.6) is 0 Å². The van der Waals surface area contributed by atoms with Crippen molar-refractivity contribution < 1.29 is 4.74 Å². The van der Waals surface area contributed by atoms with Crippen LogP contribution in [-0.2, 0) is 4.74 Å². The van der Waals surface area contributed by atoms with E-state index in [-0.39, 0.29) is 0 Å². The predicted octanol–water partition coefficient (Wildman–Crippen LogP) is 1.24. The standard InChI is InChI=1S/C15H23N3O/c1-13-10-14(17-4-2-16-3-5-17)12-15(11-13)18-6-8-19-9-7-18/h10-12,16H,2-9H2,1H3. The third kappa shape index (κ3) is 3.01. The lowest BCUT2D eigenvalue weighted by Crippen LogP contribution is -2.43. The lowest BCUT2D eigenvalue weighted by molar-refractivity contribution is 0.122. The molecule has 4 heteroatoms. The number of ether oxygens (including phenoxy) is 1. The molecule has 0 bridgehead atoms. The largest absolute Gasteiger partial charge is 0.378 e. The maximum Gasteiger partial charge on any atom is 0.0642 e. The Kier molecular flexibility index (Phi) is 3.89. The van der Waals surface area contributed by atoms with Crippen LogP contribution in [0.2, 0.25) is 0 Å². The second kappa shape index (κ2) is 5.80. The van der Waals surface area contributed by atoms with Crippen molar-refractivity contribution in [1.29, 1.82) is 0 Å². The average Bonchev–Trinajstić information content (AvgIpc) is 2.48. The van der Waals surface area contributed by atoms with Gasteiger partial charge in [0.15, 0.2) is 0 Å². The van der Waals surface area contributed by atoms with E-state index in [0.717, 1.165) is 52.5 Å². The van der Waals surface area contributed by atoms with Crippen LogP contribution in [0.4, 0.5) is 11.4 Å². The van der Waals surface area contributed by atoms with Crippen molar-refractivity contribution in [3.8, 4) is 0 Å². The fourth-order valence-electron chi connectivity index (χ4n) is 2.85. The number of aryl methyl sites for hydroxylation is 1. The lowest BCUT2D eigenvalue weighted by Gasteiger charge is -2.33. The van der Waals surface area contributed by atoms with Gasteiger partial charge in [0.1, 0.15) is 0 Å². The molecule has 2 aliphatic rings. The van der Waals surface area contributed by atoms with Crippen molar-refractivity contribution in [3.05, 3.63) is 23.8 Å². The highest BCUT2D eigenvalue weighted by Gasteiger charge is 2.15. The highest BCUT2D eigenvalue weighted by molar-refractivity contribution is 5.62. The van der Waals surface area contributed by atoms with Gasteiger partial charge in [-0.25, -0.2) is 0 Å². The van der Waals surface area contributed by atoms with Crippen molar-refractivity contribution >= 4 is 11.4 Å². The molecular formula is C15H23N3O. The Bertz CT molecular complexity index is 387. The summed E-state index contributed by atoms with van der Waals surface area (Å²) in [5, 5.41) is 3.41. The van der Waals surface area contributed by atoms with Crippen LogP contribution in [0.15, 0.2) is 18.2 Å². The topological polar surface area (TPSA) is 27.7 Å². The fraction of sp³-hybridized carbons (Fsp3) is 0.600. The van der Waals surface area contributed by atoms with Crippen molar-refractivity contribution in [2.45, 2.75) is 6.92 Å². The molecule has 0 saturated carbocycles. The van der Waals surface area contributed by atoms with E-state index in [2.05, 4.69) is 40.2 Å². The van der Waals surface area contributed by atoms with Crippen LogP contribution in [0, 0.1) is 6.92 Å². The summed E-state index contributed by atoms with van der Waals surface area (Å²) in [5.74, 6) is 0. The Morgan fingerprint density at radius 2 is 1.47 bits per heavy atom. The molecule has 0 amide bonds. The Balaban J connectivity index is 1.82. The number of rotatable bonds is 2. The first-order chi connectivity index (χ1) is 9.33. The second-order valence-electron chi connectivity index (χ2n) is 5.36. The molecule has 0 aliphatic carbocycles. The number of nitrogens with zero attached hydrogens (tertiary/aromatic N) is 2. The van der Waals surface area contributed by atoms with E-state index >= 15 is 0 Å². The summed E-state index contributed by atoms with van der Waals surface area (Å²) in [5.41, 5.74) is 4.05. The van der Waals surface area contributed by atoms with E-state index in [1.807, 2.05) is 0 Å². The molecule has 2 aliphatic heterocycles. The minimum atomic E-state index is 0.844. The van der Waals surface area contributed by atoms with Crippen molar-refractivity contribution in [3.63, 3.8) is 0 Å². The summed E-state index contributed by atoms with van der Waals surface area (Å²) in [6, 6.07) is 6.93. The number of anilines is 2. The van der Waals surface area contributed by atoms with Gasteiger partial charge in [-0.2, -0.15) is 0 Å². The number of morpholine rings is 1. The third-order valence-electron chi connectivity index (χ3n) is 3.91. The predicted molar refractivity (Wildman–Crippen MR) is 79.3 cm³/mol. The fourth-order valence-corrected chi connectivity index (χ4v) is 2.85. The molecule has 0 atom stereocenters. The van der Waals surface area contributed by atoms with Crippen LogP contribution in [0.3, 0.4) is 0 Å². The van der Waals surface area contributed by atoms with E-state index in [0.29, 0.717) is 0 Å². The zero-order valence-electron chi connectivity index (χ0n) is 11.7. The summed E-state index contributed by atoms with van der Waals surface area (Å²) in [6.45, 7) is 10.3. The quantitative estimate of drug-likeness (QED) is 0.867. The molecular weight excluding hydrogens is 238 g/mol. The molecule has 104 valence electrons. The SMILES string of the molecule is Cc1cc(N2CCNCC2)cc(N2CCOCC2)c1. The number of piperazine rings is 1. The summed E-state index contributed by atoms with van der Waals surface area (Å²) in [4.78, 5) is 4.91. The van der Waals surface area contributed by atoms with Crippen molar-refractivity contribution in [1.82, 2.24) is 5.32 Å². The van der Waals surface area contributed by atoms with E-state index < -0.39 is 0 Å². The Hall–Kier alpha value is -1.26. The first-order valence-electron chi connectivity index (χ1n) is 7.23. The number of hydrogen-bond acceptors (Lipinski definition) is 4. The van der Waals surface area contributed by atoms with Gasteiger partial charge in [0.25, 0.3) is 0 Å². The van der Waals surface area contributed by atoms with Gasteiger partial charge in [-0.15, -0.1) is 0 Å². The van der Waals surface area contributed by atoms with Gasteiger partial charge in [0, 0.05) is 50.6 Å². The number of nitrogens with one attached hydrogen (secondary N) is 1. The highest BCUT2D eigenvalue weighted by Crippen LogP contribution is 2.26. The average molecular weight is 261 g/mol. The second-order valence-corrected chi connectivity index (χ2v) is 5.36. The number of benzene rings is 1. The third-order valence-corrected chi connectivity index (χ3v) is 3.91. The Morgan fingerprint density at radius 1 is 0.895 bits per heavy atom. The highest BCUT2D eigenvalue weighted by atomic mass is 16.5. The van der Waals surface area contributed by atoms with Crippen LogP contribution in [0.25, 0.3) is 0 Å². The van der Waals surface area contributed by atoms with Crippen molar-refractivity contribution in [2.75, 3.05) is 62.3 Å². The van der Waals surface area contributed by atoms with E-state index in [4.69, 9.17) is 4.74 Å². The van der Waals surface area contributed by atoms with E-state index in [1.165, 1.54) is 16.9 Å². The Morgan fingerprint density at radius 3 is 2.11 bits per heavy atom. The molecule has 2 fully saturated rings. The monoisotopic (exact) mass is 261 g/mol. The van der Waals surface area contributed by atoms with E-state index in [9.17, 15) is 0 Å². The van der Waals surface area contributed by atoms with Crippen LogP contribution >= 0.6 is 0 Å². The molecule has 0 spiro atoms. The van der Waals surface area contributed by atoms with Crippen molar-refractivity contribution in [2.24, 2.45) is 0 Å². The molecule has 0 radical (unpaired) electrons. The zero-order chi connectivity index (χ0) is 13.1. The Labute approximate surface area is 115 Å². The number of hydrogen-bond donors (Lipinski definition) is 1. The maximum absolute atomic E-state index is 5.44. The summed E-state index contributed by atoms with van der Waals surface area (Å²) in [7, 11) is 0. The smallest absolute Gasteiger partial charge is 0.0642 e. The first kappa shape index (κ1) is 12.8. The lowest BCUT2D eigenvalue weighted by atomic mass is 10.1. The molecule has 19 heavy (non-hydrogen) atoms. The maximum atomic E-state index is 5.44. The first-order valence-corrected chi connectivity index (χ1v) is 7.23. The van der Waals surface area contributed by atoms with Gasteiger partial charge >= 0.3 is 0 Å². The van der Waals surface area contributed by atoms with Crippen LogP contribution < -0.4 is 15.1 Å². The van der Waals surface area contributed by atoms with Crippen LogP contribution in [0.1, 0.15) is 5.56 Å². The molecule has 0 unspecified atom stereocenters. The van der Waals surface area contributed by atoms with Gasteiger partial charge in [0.05, 0.1) is 13.2 Å². The summed E-state index contributed by atoms with van der Waals surface area (Å²) >= 11 is 0. The summed E-state index contributed by atoms with van der Waals surface area (Å²) in [6.07, 6.45) is 0. The molecule has 1 aromatic carbocycles. The zero-order valence-corrected chi connectivity index (χ0v) is 11.7. The molecule has 1 aromatic rings. The minimum absolute atomic E-state index is 0.844. The molecule has 3 rings (SSSR count). The van der Waals surface area contributed by atoms with Gasteiger partial charge in [-0.05, 0) is 30.7 Å². The van der Waals surface area contributed by atoms with Gasteiger partial charge < -0.3 is 19.9 Å². The molecule has 1 N–H and O–H groups in total. The van der Waals surface area contributed by atoms with Gasteiger partial charge in [-0.1, -0.05) is 0 Å². The molecule has 2 saturated heterocycles. The minimum Gasteiger partial charge on any atom is -0.378 e. The normalized spacial score (nSPS) is 20.7. The van der Waals surface area contributed by atoms with Gasteiger partial charge in [-0.3, -0.25) is 0 Å². The molecule has 0 aromatic heterocycles. The molecule has 4 nitrogen and oxygen atoms in total. The van der Waals surface area contributed by atoms with E-state index in [1.54, 1.807) is 0 Å². The van der Waals surface area contributed by atoms with Gasteiger partial charge in [0.2, 0.25) is 0 Å². The summed E-state index contributed by atoms with van der Waals surface area (Å²) < 4.78 is 5.44. The van der Waals surface area contributed by atoms with Crippen LogP contribution in [-0.4, -0.2) is 52.5 Å². The molecule has 2 heterocycles.